The van der Waals surface area contributed by atoms with Crippen molar-refractivity contribution in [2.45, 2.75) is 20.0 Å². The van der Waals surface area contributed by atoms with Gasteiger partial charge in [-0.2, -0.15) is 0 Å². The van der Waals surface area contributed by atoms with Gasteiger partial charge in [-0.1, -0.05) is 0 Å². The third-order valence-electron chi connectivity index (χ3n) is 4.44. The molecule has 6 nitrogen and oxygen atoms in total. The first-order valence-electron chi connectivity index (χ1n) is 8.19. The van der Waals surface area contributed by atoms with E-state index in [0.29, 0.717) is 36.7 Å². The van der Waals surface area contributed by atoms with Crippen LogP contribution in [0.15, 0.2) is 27.4 Å². The van der Waals surface area contributed by atoms with Crippen LogP contribution in [-0.4, -0.2) is 55.6 Å². The van der Waals surface area contributed by atoms with Crippen molar-refractivity contribution in [1.29, 1.82) is 0 Å². The second-order valence-electron chi connectivity index (χ2n) is 6.18. The molecule has 0 bridgehead atoms. The summed E-state index contributed by atoms with van der Waals surface area (Å²) in [4.78, 5) is 13.9. The van der Waals surface area contributed by atoms with Crippen LogP contribution < -0.4 is 10.4 Å². The highest BCUT2D eigenvalue weighted by molar-refractivity contribution is 5.82. The molecule has 1 aromatic heterocycles. The summed E-state index contributed by atoms with van der Waals surface area (Å²) in [6.45, 7) is 7.48. The van der Waals surface area contributed by atoms with Gasteiger partial charge in [0, 0.05) is 36.7 Å². The van der Waals surface area contributed by atoms with E-state index in [1.807, 2.05) is 19.1 Å². The van der Waals surface area contributed by atoms with Gasteiger partial charge in [-0.3, -0.25) is 4.90 Å². The van der Waals surface area contributed by atoms with Crippen LogP contribution in [-0.2, 0) is 4.74 Å². The lowest BCUT2D eigenvalue weighted by molar-refractivity contribution is 0.00466. The van der Waals surface area contributed by atoms with Crippen molar-refractivity contribution < 1.29 is 19.0 Å². The SMILES string of the molecule is Cc1c(C)c2ccc(OC[C@H](O)CN3CCOCC3)cc2oc1=O. The van der Waals surface area contributed by atoms with Crippen molar-refractivity contribution in [1.82, 2.24) is 4.90 Å². The number of hydrogen-bond acceptors (Lipinski definition) is 6. The van der Waals surface area contributed by atoms with Crippen molar-refractivity contribution in [2.75, 3.05) is 39.5 Å². The fraction of sp³-hybridized carbons (Fsp3) is 0.500. The second kappa shape index (κ2) is 7.34. The van der Waals surface area contributed by atoms with Crippen LogP contribution in [0.5, 0.6) is 5.75 Å². The Morgan fingerprint density at radius 1 is 1.25 bits per heavy atom. The molecule has 1 saturated heterocycles. The Labute approximate surface area is 140 Å². The first-order chi connectivity index (χ1) is 11.5. The Morgan fingerprint density at radius 3 is 2.75 bits per heavy atom. The van der Waals surface area contributed by atoms with Crippen LogP contribution in [0.2, 0.25) is 0 Å². The molecule has 1 N–H and O–H groups in total. The van der Waals surface area contributed by atoms with Crippen LogP contribution in [0.4, 0.5) is 0 Å². The summed E-state index contributed by atoms with van der Waals surface area (Å²) in [7, 11) is 0. The van der Waals surface area contributed by atoms with E-state index < -0.39 is 6.10 Å². The van der Waals surface area contributed by atoms with E-state index in [2.05, 4.69) is 4.90 Å². The average Bonchev–Trinajstić information content (AvgIpc) is 2.59. The van der Waals surface area contributed by atoms with E-state index in [9.17, 15) is 9.90 Å². The fourth-order valence-electron chi connectivity index (χ4n) is 2.85. The minimum atomic E-state index is -0.578. The molecule has 24 heavy (non-hydrogen) atoms. The number of benzene rings is 1. The highest BCUT2D eigenvalue weighted by atomic mass is 16.5. The van der Waals surface area contributed by atoms with Crippen LogP contribution in [0, 0.1) is 13.8 Å². The molecule has 2 aromatic rings. The van der Waals surface area contributed by atoms with Crippen molar-refractivity contribution in [2.24, 2.45) is 0 Å². The summed E-state index contributed by atoms with van der Waals surface area (Å²) in [6, 6.07) is 5.41. The summed E-state index contributed by atoms with van der Waals surface area (Å²) in [5.74, 6) is 0.579. The number of morpholine rings is 1. The van der Waals surface area contributed by atoms with Gasteiger partial charge >= 0.3 is 5.63 Å². The van der Waals surface area contributed by atoms with E-state index in [-0.39, 0.29) is 12.2 Å². The molecule has 0 amide bonds. The lowest BCUT2D eigenvalue weighted by atomic mass is 10.1. The largest absolute Gasteiger partial charge is 0.491 e. The number of nitrogens with zero attached hydrogens (tertiary/aromatic N) is 1. The lowest BCUT2D eigenvalue weighted by Crippen LogP contribution is -2.42. The minimum absolute atomic E-state index is 0.192. The zero-order chi connectivity index (χ0) is 17.1. The molecule has 0 spiro atoms. The van der Waals surface area contributed by atoms with Gasteiger partial charge in [0.15, 0.2) is 0 Å². The predicted octanol–water partition coefficient (Wildman–Crippen LogP) is 1.48. The summed E-state index contributed by atoms with van der Waals surface area (Å²) in [6.07, 6.45) is -0.578. The van der Waals surface area contributed by atoms with Gasteiger partial charge in [-0.25, -0.2) is 4.79 Å². The number of β-amino-alcohol motifs (C(OH)–C–C–N with tert-alkyl or cyclic N) is 1. The number of hydrogen-bond donors (Lipinski definition) is 1. The molecule has 1 aromatic carbocycles. The third-order valence-corrected chi connectivity index (χ3v) is 4.44. The normalized spacial score (nSPS) is 17.1. The molecule has 3 rings (SSSR count). The van der Waals surface area contributed by atoms with E-state index >= 15 is 0 Å². The second-order valence-corrected chi connectivity index (χ2v) is 6.18. The molecule has 1 aliphatic rings. The quantitative estimate of drug-likeness (QED) is 0.836. The maximum Gasteiger partial charge on any atom is 0.339 e. The van der Waals surface area contributed by atoms with Crippen molar-refractivity contribution in [3.05, 3.63) is 39.7 Å². The van der Waals surface area contributed by atoms with Crippen LogP contribution in [0.1, 0.15) is 11.1 Å². The maximum absolute atomic E-state index is 11.8. The van der Waals surface area contributed by atoms with Gasteiger partial charge < -0.3 is 19.0 Å². The molecule has 1 atom stereocenters. The highest BCUT2D eigenvalue weighted by Crippen LogP contribution is 2.24. The monoisotopic (exact) mass is 333 g/mol. The Hall–Kier alpha value is -1.89. The molecule has 0 radical (unpaired) electrons. The number of aliphatic hydroxyl groups excluding tert-OH is 1. The van der Waals surface area contributed by atoms with Gasteiger partial charge in [0.2, 0.25) is 0 Å². The number of aliphatic hydroxyl groups is 1. The topological polar surface area (TPSA) is 72.1 Å². The average molecular weight is 333 g/mol. The summed E-state index contributed by atoms with van der Waals surface area (Å²) >= 11 is 0. The van der Waals surface area contributed by atoms with E-state index in [0.717, 1.165) is 24.0 Å². The number of aryl methyl sites for hydroxylation is 1. The van der Waals surface area contributed by atoms with Crippen LogP contribution >= 0.6 is 0 Å². The first kappa shape index (κ1) is 17.0. The van der Waals surface area contributed by atoms with E-state index in [1.54, 1.807) is 13.0 Å². The number of fused-ring (bicyclic) bond motifs is 1. The standard InChI is InChI=1S/C18H23NO5/c1-12-13(2)18(21)24-17-9-15(3-4-16(12)17)23-11-14(20)10-19-5-7-22-8-6-19/h3-4,9,14,20H,5-8,10-11H2,1-2H3/t14-/m1/s1. The van der Waals surface area contributed by atoms with Gasteiger partial charge in [0.25, 0.3) is 0 Å². The molecule has 2 heterocycles. The molecule has 0 unspecified atom stereocenters. The molecule has 1 fully saturated rings. The highest BCUT2D eigenvalue weighted by Gasteiger charge is 2.15. The lowest BCUT2D eigenvalue weighted by Gasteiger charge is -2.28. The molecule has 0 aliphatic carbocycles. The van der Waals surface area contributed by atoms with Gasteiger partial charge in [-0.15, -0.1) is 0 Å². The van der Waals surface area contributed by atoms with Crippen molar-refractivity contribution in [3.63, 3.8) is 0 Å². The van der Waals surface area contributed by atoms with Gasteiger partial charge in [0.05, 0.1) is 13.2 Å². The Morgan fingerprint density at radius 2 is 2.00 bits per heavy atom. The molecule has 0 saturated carbocycles. The molecule has 6 heteroatoms. The number of ether oxygens (including phenoxy) is 2. The Kier molecular flexibility index (Phi) is 5.18. The summed E-state index contributed by atoms with van der Waals surface area (Å²) in [5, 5.41) is 11.0. The van der Waals surface area contributed by atoms with Crippen molar-refractivity contribution in [3.8, 4) is 5.75 Å². The molecule has 130 valence electrons. The summed E-state index contributed by atoms with van der Waals surface area (Å²) < 4.78 is 16.3. The van der Waals surface area contributed by atoms with E-state index in [4.69, 9.17) is 13.9 Å². The maximum atomic E-state index is 11.8. The smallest absolute Gasteiger partial charge is 0.339 e. The third kappa shape index (κ3) is 3.77. The predicted molar refractivity (Wildman–Crippen MR) is 90.7 cm³/mol. The fourth-order valence-corrected chi connectivity index (χ4v) is 2.85. The number of rotatable bonds is 5. The van der Waals surface area contributed by atoms with Gasteiger partial charge in [-0.05, 0) is 31.5 Å². The minimum Gasteiger partial charge on any atom is -0.491 e. The van der Waals surface area contributed by atoms with Crippen LogP contribution in [0.3, 0.4) is 0 Å². The molecular weight excluding hydrogens is 310 g/mol. The summed E-state index contributed by atoms with van der Waals surface area (Å²) in [5.41, 5.74) is 1.71. The Bertz CT molecular complexity index is 764. The molecular formula is C18H23NO5. The molecule has 1 aliphatic heterocycles. The zero-order valence-electron chi connectivity index (χ0n) is 14.1. The zero-order valence-corrected chi connectivity index (χ0v) is 14.1. The first-order valence-corrected chi connectivity index (χ1v) is 8.19. The van der Waals surface area contributed by atoms with E-state index in [1.165, 1.54) is 0 Å². The Balaban J connectivity index is 1.65. The van der Waals surface area contributed by atoms with Crippen LogP contribution in [0.25, 0.3) is 11.0 Å². The van der Waals surface area contributed by atoms with Gasteiger partial charge in [0.1, 0.15) is 24.0 Å². The van der Waals surface area contributed by atoms with Crippen molar-refractivity contribution >= 4 is 11.0 Å².